The van der Waals surface area contributed by atoms with Crippen LogP contribution < -0.4 is 5.73 Å². The molecule has 0 saturated carbocycles. The van der Waals surface area contributed by atoms with E-state index in [-0.39, 0.29) is 35.9 Å². The van der Waals surface area contributed by atoms with Gasteiger partial charge in [-0.15, -0.1) is 0 Å². The fraction of sp³-hybridized carbons (Fsp3) is 0.920. The second-order valence-corrected chi connectivity index (χ2v) is 10.1. The molecule has 2 N–H and O–H groups in total. The molecule has 0 amide bonds. The number of hydrogen-bond acceptors (Lipinski definition) is 7. The first kappa shape index (κ1) is 31.0. The predicted octanol–water partition coefficient (Wildman–Crippen LogP) is 3.82. The predicted molar refractivity (Wildman–Crippen MR) is 130 cm³/mol. The molecule has 0 aromatic carbocycles. The van der Waals surface area contributed by atoms with Crippen molar-refractivity contribution in [3.05, 3.63) is 0 Å². The Bertz CT molecular complexity index is 540. The first-order valence-electron chi connectivity index (χ1n) is 12.1. The van der Waals surface area contributed by atoms with Crippen molar-refractivity contribution in [1.29, 1.82) is 0 Å². The Hall–Kier alpha value is -1.02. The van der Waals surface area contributed by atoms with Crippen LogP contribution in [0.2, 0.25) is 0 Å². The van der Waals surface area contributed by atoms with Crippen LogP contribution in [0.15, 0.2) is 0 Å². The number of hydrogen-bond donors (Lipinski definition) is 1. The zero-order chi connectivity index (χ0) is 24.9. The van der Waals surface area contributed by atoms with Crippen LogP contribution in [-0.4, -0.2) is 74.9 Å². The number of nitrogens with two attached hydrogens (primary N) is 1. The van der Waals surface area contributed by atoms with Crippen molar-refractivity contribution in [2.45, 2.75) is 103 Å². The Morgan fingerprint density at radius 1 is 1.12 bits per heavy atom. The minimum Gasteiger partial charge on any atom is -0.457 e. The summed E-state index contributed by atoms with van der Waals surface area (Å²) in [4.78, 5) is 27.0. The van der Waals surface area contributed by atoms with E-state index in [1.165, 1.54) is 0 Å². The topological polar surface area (TPSA) is 91.1 Å². The standard InChI is InChI=1S/C25H50N2O5/c1-10-23(30-8)25(6,32-18-28)22(27(7)14-12-11-13-26)15-21(29)20(4)17-24(5,31-9)16-19(2)3/h18-20,22-23H,10-17,26H2,1-9H3/t20-,22?,23?,24+,25+/m1/s1. The zero-order valence-electron chi connectivity index (χ0n) is 22.1. The summed E-state index contributed by atoms with van der Waals surface area (Å²) in [5, 5.41) is 0. The van der Waals surface area contributed by atoms with Crippen molar-refractivity contribution in [1.82, 2.24) is 4.90 Å². The fourth-order valence-corrected chi connectivity index (χ4v) is 5.00. The molecule has 0 fully saturated rings. The summed E-state index contributed by atoms with van der Waals surface area (Å²) < 4.78 is 17.2. The summed E-state index contributed by atoms with van der Waals surface area (Å²) in [6, 6.07) is -0.316. The van der Waals surface area contributed by atoms with Crippen LogP contribution in [-0.2, 0) is 23.8 Å². The van der Waals surface area contributed by atoms with E-state index >= 15 is 0 Å². The van der Waals surface area contributed by atoms with Crippen LogP contribution in [0, 0.1) is 11.8 Å². The van der Waals surface area contributed by atoms with Gasteiger partial charge in [-0.25, -0.2) is 0 Å². The van der Waals surface area contributed by atoms with Gasteiger partial charge in [0.15, 0.2) is 5.60 Å². The number of carbonyl (C=O) groups excluding carboxylic acids is 2. The third-order valence-electron chi connectivity index (χ3n) is 6.77. The summed E-state index contributed by atoms with van der Waals surface area (Å²) in [5.74, 6) is 0.432. The van der Waals surface area contributed by atoms with E-state index in [0.717, 1.165) is 25.8 Å². The van der Waals surface area contributed by atoms with E-state index in [2.05, 4.69) is 25.7 Å². The molecule has 0 saturated heterocycles. The first-order valence-corrected chi connectivity index (χ1v) is 12.1. The molecule has 0 aliphatic heterocycles. The zero-order valence-corrected chi connectivity index (χ0v) is 22.1. The van der Waals surface area contributed by atoms with Gasteiger partial charge in [0.05, 0.1) is 17.7 Å². The molecule has 0 radical (unpaired) electrons. The van der Waals surface area contributed by atoms with Crippen molar-refractivity contribution >= 4 is 12.3 Å². The summed E-state index contributed by atoms with van der Waals surface area (Å²) in [6.07, 6.45) is 3.94. The Morgan fingerprint density at radius 3 is 2.19 bits per heavy atom. The van der Waals surface area contributed by atoms with Crippen LogP contribution in [0.4, 0.5) is 0 Å². The average molecular weight is 459 g/mol. The molecule has 0 aromatic heterocycles. The Labute approximate surface area is 196 Å². The lowest BCUT2D eigenvalue weighted by Crippen LogP contribution is -2.59. The molecule has 7 heteroatoms. The van der Waals surface area contributed by atoms with Gasteiger partial charge in [-0.1, -0.05) is 27.7 Å². The molecule has 5 atom stereocenters. The average Bonchev–Trinajstić information content (AvgIpc) is 2.72. The largest absolute Gasteiger partial charge is 0.457 e. The number of carbonyl (C=O) groups is 2. The third kappa shape index (κ3) is 9.46. The van der Waals surface area contributed by atoms with Gasteiger partial charge < -0.3 is 19.9 Å². The highest BCUT2D eigenvalue weighted by Crippen LogP contribution is 2.33. The van der Waals surface area contributed by atoms with Gasteiger partial charge >= 0.3 is 0 Å². The molecule has 0 aliphatic rings. The van der Waals surface area contributed by atoms with Crippen LogP contribution >= 0.6 is 0 Å². The Balaban J connectivity index is 5.80. The van der Waals surface area contributed by atoms with Gasteiger partial charge in [0, 0.05) is 26.6 Å². The van der Waals surface area contributed by atoms with Crippen LogP contribution in [0.1, 0.15) is 80.1 Å². The number of rotatable bonds is 19. The normalized spacial score (nSPS) is 18.6. The van der Waals surface area contributed by atoms with Gasteiger partial charge in [-0.3, -0.25) is 14.5 Å². The molecule has 0 aliphatic carbocycles. The van der Waals surface area contributed by atoms with Crippen molar-refractivity contribution in [3.8, 4) is 0 Å². The Kier molecular flexibility index (Phi) is 14.5. The number of unbranched alkanes of at least 4 members (excludes halogenated alkanes) is 1. The van der Waals surface area contributed by atoms with Crippen LogP contribution in [0.5, 0.6) is 0 Å². The molecule has 190 valence electrons. The molecular weight excluding hydrogens is 408 g/mol. The minimum absolute atomic E-state index is 0.138. The lowest BCUT2D eigenvalue weighted by atomic mass is 9.79. The molecule has 0 aromatic rings. The highest BCUT2D eigenvalue weighted by atomic mass is 16.6. The smallest absolute Gasteiger partial charge is 0.293 e. The van der Waals surface area contributed by atoms with Crippen molar-refractivity contribution in [2.75, 3.05) is 34.4 Å². The van der Waals surface area contributed by atoms with Gasteiger partial charge in [0.1, 0.15) is 5.78 Å². The Morgan fingerprint density at radius 2 is 1.75 bits per heavy atom. The monoisotopic (exact) mass is 458 g/mol. The number of ketones is 1. The van der Waals surface area contributed by atoms with E-state index in [9.17, 15) is 9.59 Å². The molecule has 0 heterocycles. The van der Waals surface area contributed by atoms with E-state index < -0.39 is 5.60 Å². The van der Waals surface area contributed by atoms with Gasteiger partial charge in [-0.05, 0) is 72.0 Å². The van der Waals surface area contributed by atoms with E-state index in [1.54, 1.807) is 14.2 Å². The van der Waals surface area contributed by atoms with Crippen molar-refractivity contribution < 1.29 is 23.8 Å². The minimum atomic E-state index is -0.958. The molecule has 7 nitrogen and oxygen atoms in total. The quantitative estimate of drug-likeness (QED) is 0.232. The maximum Gasteiger partial charge on any atom is 0.293 e. The number of methoxy groups -OCH3 is 2. The molecular formula is C25H50N2O5. The molecule has 0 bridgehead atoms. The van der Waals surface area contributed by atoms with Crippen molar-refractivity contribution in [3.63, 3.8) is 0 Å². The summed E-state index contributed by atoms with van der Waals surface area (Å²) >= 11 is 0. The maximum absolute atomic E-state index is 13.4. The number of ether oxygens (including phenoxy) is 3. The van der Waals surface area contributed by atoms with Crippen LogP contribution in [0.25, 0.3) is 0 Å². The van der Waals surface area contributed by atoms with Gasteiger partial charge in [0.25, 0.3) is 6.47 Å². The maximum atomic E-state index is 13.4. The number of likely N-dealkylation sites (N-methyl/N-ethyl adjacent to an activating group) is 1. The number of Topliss-reactive ketones (excluding diaryl/α,β-unsaturated/α-hetero) is 1. The first-order chi connectivity index (χ1) is 14.9. The molecule has 0 rings (SSSR count). The third-order valence-corrected chi connectivity index (χ3v) is 6.77. The molecule has 0 spiro atoms. The fourth-order valence-electron chi connectivity index (χ4n) is 5.00. The van der Waals surface area contributed by atoms with E-state index in [4.69, 9.17) is 19.9 Å². The van der Waals surface area contributed by atoms with Gasteiger partial charge in [-0.2, -0.15) is 0 Å². The lowest BCUT2D eigenvalue weighted by Gasteiger charge is -2.45. The van der Waals surface area contributed by atoms with Gasteiger partial charge in [0.2, 0.25) is 0 Å². The van der Waals surface area contributed by atoms with Crippen molar-refractivity contribution in [2.24, 2.45) is 17.6 Å². The number of nitrogens with zero attached hydrogens (tertiary/aromatic N) is 1. The highest BCUT2D eigenvalue weighted by molar-refractivity contribution is 5.81. The van der Waals surface area contributed by atoms with Crippen LogP contribution in [0.3, 0.4) is 0 Å². The summed E-state index contributed by atoms with van der Waals surface area (Å²) in [5.41, 5.74) is 4.35. The second kappa shape index (κ2) is 15.0. The van der Waals surface area contributed by atoms with E-state index in [1.807, 2.05) is 27.8 Å². The van der Waals surface area contributed by atoms with E-state index in [0.29, 0.717) is 31.8 Å². The second-order valence-electron chi connectivity index (χ2n) is 10.1. The summed E-state index contributed by atoms with van der Waals surface area (Å²) in [6.45, 7) is 14.1. The SMILES string of the molecule is CCC(OC)[C@@](C)(OC=O)C(CC(=O)[C@H](C)C[C@](C)(CC(C)C)OC)N(C)CCCCN. The highest BCUT2D eigenvalue weighted by Gasteiger charge is 2.46. The molecule has 32 heavy (non-hydrogen) atoms. The lowest BCUT2D eigenvalue weighted by molar-refractivity contribution is -0.175. The summed E-state index contributed by atoms with van der Waals surface area (Å²) in [7, 11) is 5.31. The molecule has 2 unspecified atom stereocenters.